The molecular weight excluding hydrogens is 274 g/mol. The molecule has 1 aromatic carbocycles. The first-order valence-electron chi connectivity index (χ1n) is 6.03. The van der Waals surface area contributed by atoms with Gasteiger partial charge in [-0.3, -0.25) is 0 Å². The Hall–Kier alpha value is -1.05. The molecule has 0 saturated carbocycles. The number of rotatable bonds is 8. The van der Waals surface area contributed by atoms with Crippen molar-refractivity contribution in [3.63, 3.8) is 0 Å². The summed E-state index contributed by atoms with van der Waals surface area (Å²) < 4.78 is 49.4. The van der Waals surface area contributed by atoms with Crippen molar-refractivity contribution >= 4 is 10.0 Å². The van der Waals surface area contributed by atoms with Crippen LogP contribution in [0.1, 0.15) is 18.9 Å². The van der Waals surface area contributed by atoms with Crippen LogP contribution in [0.5, 0.6) is 0 Å². The fourth-order valence-corrected chi connectivity index (χ4v) is 2.56. The van der Waals surface area contributed by atoms with Crippen LogP contribution in [0.15, 0.2) is 29.2 Å². The molecule has 0 heterocycles. The van der Waals surface area contributed by atoms with Gasteiger partial charge < -0.3 is 5.32 Å². The Morgan fingerprint density at radius 3 is 2.68 bits per heavy atom. The molecule has 2 N–H and O–H groups in total. The third-order valence-corrected chi connectivity index (χ3v) is 3.81. The van der Waals surface area contributed by atoms with Crippen LogP contribution in [0.25, 0.3) is 0 Å². The van der Waals surface area contributed by atoms with E-state index >= 15 is 0 Å². The van der Waals surface area contributed by atoms with Crippen LogP contribution in [0.2, 0.25) is 0 Å². The van der Waals surface area contributed by atoms with Crippen molar-refractivity contribution in [1.82, 2.24) is 10.0 Å². The fourth-order valence-electron chi connectivity index (χ4n) is 1.49. The monoisotopic (exact) mass is 292 g/mol. The lowest BCUT2D eigenvalue weighted by Gasteiger charge is -2.08. The molecule has 0 aromatic heterocycles. The lowest BCUT2D eigenvalue weighted by molar-refractivity contribution is 0.153. The molecule has 0 aliphatic heterocycles. The number of alkyl halides is 2. The number of hydrogen-bond acceptors (Lipinski definition) is 3. The van der Waals surface area contributed by atoms with E-state index in [1.165, 1.54) is 12.1 Å². The number of hydrogen-bond donors (Lipinski definition) is 2. The summed E-state index contributed by atoms with van der Waals surface area (Å²) in [6, 6.07) is 6.25. The summed E-state index contributed by atoms with van der Waals surface area (Å²) in [5.74, 6) is 0. The first kappa shape index (κ1) is 16.0. The lowest BCUT2D eigenvalue weighted by Crippen LogP contribution is -2.28. The second kappa shape index (κ2) is 7.52. The van der Waals surface area contributed by atoms with Crippen molar-refractivity contribution in [3.8, 4) is 0 Å². The van der Waals surface area contributed by atoms with Crippen molar-refractivity contribution in [3.05, 3.63) is 29.8 Å². The molecule has 0 spiro atoms. The van der Waals surface area contributed by atoms with Gasteiger partial charge in [-0.15, -0.1) is 0 Å². The number of nitrogens with one attached hydrogen (secondary N) is 2. The Bertz CT molecular complexity index is 492. The molecule has 0 aliphatic carbocycles. The van der Waals surface area contributed by atoms with E-state index in [-0.39, 0.29) is 4.90 Å². The summed E-state index contributed by atoms with van der Waals surface area (Å²) in [4.78, 5) is 0.00366. The lowest BCUT2D eigenvalue weighted by atomic mass is 10.2. The molecule has 19 heavy (non-hydrogen) atoms. The van der Waals surface area contributed by atoms with Crippen molar-refractivity contribution in [2.24, 2.45) is 0 Å². The highest BCUT2D eigenvalue weighted by molar-refractivity contribution is 7.89. The quantitative estimate of drug-likeness (QED) is 0.717. The van der Waals surface area contributed by atoms with Crippen LogP contribution >= 0.6 is 0 Å². The Balaban J connectivity index is 2.74. The summed E-state index contributed by atoms with van der Waals surface area (Å²) >= 11 is 0. The predicted octanol–water partition coefficient (Wildman–Crippen LogP) is 1.73. The van der Waals surface area contributed by atoms with Gasteiger partial charge in [0.05, 0.1) is 11.4 Å². The maximum absolute atomic E-state index is 12.0. The fraction of sp³-hybridized carbons (Fsp3) is 0.500. The molecular formula is C12H18F2N2O2S. The Morgan fingerprint density at radius 1 is 1.32 bits per heavy atom. The molecule has 1 aromatic rings. The topological polar surface area (TPSA) is 58.2 Å². The Labute approximate surface area is 112 Å². The largest absolute Gasteiger partial charge is 0.313 e. The standard InChI is InChI=1S/C12H18F2N2O2S/c1-2-6-15-8-10-4-3-5-11(7-10)19(17,18)16-9-12(13)14/h3-5,7,12,15-16H,2,6,8-9H2,1H3. The molecule has 1 rings (SSSR count). The SMILES string of the molecule is CCCNCc1cccc(S(=O)(=O)NCC(F)F)c1. The molecule has 0 aliphatic rings. The summed E-state index contributed by atoms with van der Waals surface area (Å²) in [5, 5.41) is 3.15. The van der Waals surface area contributed by atoms with Crippen LogP contribution in [0, 0.1) is 0 Å². The highest BCUT2D eigenvalue weighted by Gasteiger charge is 2.16. The van der Waals surface area contributed by atoms with Crippen LogP contribution < -0.4 is 10.0 Å². The second-order valence-electron chi connectivity index (χ2n) is 4.07. The van der Waals surface area contributed by atoms with E-state index in [4.69, 9.17) is 0 Å². The van der Waals surface area contributed by atoms with Gasteiger partial charge in [0.2, 0.25) is 10.0 Å². The highest BCUT2D eigenvalue weighted by atomic mass is 32.2. The average molecular weight is 292 g/mol. The maximum Gasteiger partial charge on any atom is 0.251 e. The molecule has 0 saturated heterocycles. The van der Waals surface area contributed by atoms with Crippen molar-refractivity contribution in [2.75, 3.05) is 13.1 Å². The number of benzene rings is 1. The minimum atomic E-state index is -3.87. The van der Waals surface area contributed by atoms with E-state index in [1.807, 2.05) is 11.6 Å². The van der Waals surface area contributed by atoms with Gasteiger partial charge >= 0.3 is 0 Å². The number of halogens is 2. The van der Waals surface area contributed by atoms with Gasteiger partial charge in [-0.05, 0) is 30.7 Å². The van der Waals surface area contributed by atoms with Gasteiger partial charge in [0.25, 0.3) is 6.43 Å². The minimum Gasteiger partial charge on any atom is -0.313 e. The minimum absolute atomic E-state index is 0.00366. The van der Waals surface area contributed by atoms with E-state index in [0.717, 1.165) is 18.5 Å². The van der Waals surface area contributed by atoms with E-state index in [2.05, 4.69) is 5.32 Å². The summed E-state index contributed by atoms with van der Waals surface area (Å²) in [6.07, 6.45) is -1.72. The summed E-state index contributed by atoms with van der Waals surface area (Å²) in [5.41, 5.74) is 0.799. The zero-order chi connectivity index (χ0) is 14.3. The molecule has 4 nitrogen and oxygen atoms in total. The highest BCUT2D eigenvalue weighted by Crippen LogP contribution is 2.11. The van der Waals surface area contributed by atoms with Gasteiger partial charge in [-0.2, -0.15) is 0 Å². The van der Waals surface area contributed by atoms with Crippen LogP contribution in [0.4, 0.5) is 8.78 Å². The smallest absolute Gasteiger partial charge is 0.251 e. The van der Waals surface area contributed by atoms with Crippen LogP contribution in [-0.2, 0) is 16.6 Å². The first-order valence-corrected chi connectivity index (χ1v) is 7.51. The van der Waals surface area contributed by atoms with Crippen LogP contribution in [0.3, 0.4) is 0 Å². The summed E-state index contributed by atoms with van der Waals surface area (Å²) in [7, 11) is -3.87. The van der Waals surface area contributed by atoms with E-state index in [1.54, 1.807) is 12.1 Å². The second-order valence-corrected chi connectivity index (χ2v) is 5.83. The van der Waals surface area contributed by atoms with Gasteiger partial charge in [0, 0.05) is 6.54 Å². The number of sulfonamides is 1. The van der Waals surface area contributed by atoms with Crippen LogP contribution in [-0.4, -0.2) is 27.9 Å². The molecule has 0 atom stereocenters. The van der Waals surface area contributed by atoms with Crippen molar-refractivity contribution in [2.45, 2.75) is 31.2 Å². The Kier molecular flexibility index (Phi) is 6.33. The third kappa shape index (κ3) is 5.63. The first-order chi connectivity index (χ1) is 8.95. The molecule has 0 fully saturated rings. The zero-order valence-electron chi connectivity index (χ0n) is 10.7. The maximum atomic E-state index is 12.0. The molecule has 0 radical (unpaired) electrons. The van der Waals surface area contributed by atoms with Gasteiger partial charge in [-0.25, -0.2) is 21.9 Å². The zero-order valence-corrected chi connectivity index (χ0v) is 11.5. The molecule has 108 valence electrons. The van der Waals surface area contributed by atoms with Crippen molar-refractivity contribution < 1.29 is 17.2 Å². The average Bonchev–Trinajstić information content (AvgIpc) is 2.37. The predicted molar refractivity (Wildman–Crippen MR) is 69.6 cm³/mol. The normalized spacial score (nSPS) is 12.0. The van der Waals surface area contributed by atoms with Gasteiger partial charge in [-0.1, -0.05) is 19.1 Å². The van der Waals surface area contributed by atoms with Gasteiger partial charge in [0.1, 0.15) is 0 Å². The molecule has 7 heteroatoms. The Morgan fingerprint density at radius 2 is 2.05 bits per heavy atom. The summed E-state index contributed by atoms with van der Waals surface area (Å²) in [6.45, 7) is 2.54. The van der Waals surface area contributed by atoms with E-state index in [9.17, 15) is 17.2 Å². The van der Waals surface area contributed by atoms with E-state index < -0.39 is 23.0 Å². The van der Waals surface area contributed by atoms with E-state index in [0.29, 0.717) is 6.54 Å². The third-order valence-electron chi connectivity index (χ3n) is 2.39. The molecule has 0 unspecified atom stereocenters. The van der Waals surface area contributed by atoms with Crippen molar-refractivity contribution in [1.29, 1.82) is 0 Å². The van der Waals surface area contributed by atoms with Gasteiger partial charge in [0.15, 0.2) is 0 Å². The molecule has 0 bridgehead atoms. The molecule has 0 amide bonds.